The van der Waals surface area contributed by atoms with Crippen molar-refractivity contribution in [1.29, 1.82) is 0 Å². The van der Waals surface area contributed by atoms with E-state index >= 15 is 0 Å². The van der Waals surface area contributed by atoms with Crippen molar-refractivity contribution in [1.82, 2.24) is 15.3 Å². The third-order valence-electron chi connectivity index (χ3n) is 9.24. The second-order valence-electron chi connectivity index (χ2n) is 12.6. The molecule has 4 aromatic rings. The number of aromatic nitrogens is 2. The fourth-order valence-electron chi connectivity index (χ4n) is 6.66. The Bertz CT molecular complexity index is 1780. The van der Waals surface area contributed by atoms with Crippen LogP contribution >= 0.6 is 23.4 Å². The molecule has 6 nitrogen and oxygen atoms in total. The van der Waals surface area contributed by atoms with Crippen LogP contribution in [-0.2, 0) is 10.5 Å². The minimum Gasteiger partial charge on any atom is -0.362 e. The molecule has 1 amide bonds. The van der Waals surface area contributed by atoms with E-state index in [0.717, 1.165) is 76.9 Å². The highest BCUT2D eigenvalue weighted by atomic mass is 35.5. The number of rotatable bonds is 11. The Hall–Kier alpha value is -3.88. The van der Waals surface area contributed by atoms with Gasteiger partial charge in [-0.3, -0.25) is 4.79 Å². The molecular weight excluding hydrogens is 629 g/mol. The first-order valence-corrected chi connectivity index (χ1v) is 17.8. The zero-order valence-electron chi connectivity index (χ0n) is 27.1. The molecule has 1 unspecified atom stereocenters. The standard InChI is InChI=1S/C38H41ClFN5OS/c1-24-28(20-21-47-23-32-33(39)13-9-14-34(32)40)31(25-10-5-4-6-11-25)22-30(24)37(46)41-26-16-18-27(19-17-26)42-38-43-35-15-8-7-12-29(35)36(44-38)45(2)3/h4-15,22,26-28H,16-21,23H2,1-3H3,(H,41,46)(H,42,43,44)/t26-,27+,28?. The van der Waals surface area contributed by atoms with Crippen LogP contribution in [0.5, 0.6) is 0 Å². The number of fused-ring (bicyclic) bond motifs is 1. The number of hydrogen-bond donors (Lipinski definition) is 2. The smallest absolute Gasteiger partial charge is 0.251 e. The number of nitrogens with zero attached hydrogens (tertiary/aromatic N) is 3. The number of anilines is 2. The number of carbonyl (C=O) groups is 1. The number of para-hydroxylation sites is 1. The summed E-state index contributed by atoms with van der Waals surface area (Å²) in [6.07, 6.45) is 6.55. The summed E-state index contributed by atoms with van der Waals surface area (Å²) in [6, 6.07) is 23.5. The van der Waals surface area contributed by atoms with Gasteiger partial charge in [-0.05, 0) is 86.3 Å². The van der Waals surface area contributed by atoms with Crippen molar-refractivity contribution in [3.05, 3.63) is 112 Å². The van der Waals surface area contributed by atoms with Crippen LogP contribution in [0, 0.1) is 11.7 Å². The molecule has 1 fully saturated rings. The molecule has 47 heavy (non-hydrogen) atoms. The van der Waals surface area contributed by atoms with Crippen molar-refractivity contribution >= 4 is 57.5 Å². The van der Waals surface area contributed by atoms with Gasteiger partial charge in [-0.25, -0.2) is 9.37 Å². The quantitative estimate of drug-likeness (QED) is 0.156. The lowest BCUT2D eigenvalue weighted by atomic mass is 9.89. The van der Waals surface area contributed by atoms with E-state index in [1.54, 1.807) is 23.9 Å². The van der Waals surface area contributed by atoms with Gasteiger partial charge in [-0.15, -0.1) is 0 Å². The van der Waals surface area contributed by atoms with Gasteiger partial charge < -0.3 is 15.5 Å². The van der Waals surface area contributed by atoms with Crippen molar-refractivity contribution in [2.45, 2.75) is 56.9 Å². The summed E-state index contributed by atoms with van der Waals surface area (Å²) in [5.41, 5.74) is 5.61. The summed E-state index contributed by atoms with van der Waals surface area (Å²) in [4.78, 5) is 25.3. The summed E-state index contributed by atoms with van der Waals surface area (Å²) in [5.74, 6) is 2.72. The molecule has 9 heteroatoms. The van der Waals surface area contributed by atoms with Gasteiger partial charge in [0.25, 0.3) is 5.91 Å². The topological polar surface area (TPSA) is 70.2 Å². The molecule has 1 aromatic heterocycles. The number of benzene rings is 3. The highest BCUT2D eigenvalue weighted by molar-refractivity contribution is 7.98. The van der Waals surface area contributed by atoms with Crippen LogP contribution in [0.15, 0.2) is 90.0 Å². The summed E-state index contributed by atoms with van der Waals surface area (Å²) in [6.45, 7) is 2.08. The maximum Gasteiger partial charge on any atom is 0.251 e. The van der Waals surface area contributed by atoms with Crippen LogP contribution in [0.4, 0.5) is 16.2 Å². The summed E-state index contributed by atoms with van der Waals surface area (Å²) in [7, 11) is 4.00. The average molecular weight is 670 g/mol. The second kappa shape index (κ2) is 14.9. The predicted octanol–water partition coefficient (Wildman–Crippen LogP) is 8.68. The van der Waals surface area contributed by atoms with Gasteiger partial charge in [0.2, 0.25) is 5.95 Å². The largest absolute Gasteiger partial charge is 0.362 e. The summed E-state index contributed by atoms with van der Waals surface area (Å²) < 4.78 is 14.3. The lowest BCUT2D eigenvalue weighted by Gasteiger charge is -2.30. The Morgan fingerprint density at radius 1 is 0.957 bits per heavy atom. The predicted molar refractivity (Wildman–Crippen MR) is 194 cm³/mol. The van der Waals surface area contributed by atoms with E-state index in [9.17, 15) is 9.18 Å². The number of carbonyl (C=O) groups excluding carboxylic acids is 1. The maximum absolute atomic E-state index is 14.3. The number of amides is 1. The molecule has 0 saturated heterocycles. The van der Waals surface area contributed by atoms with E-state index in [1.165, 1.54) is 6.07 Å². The molecule has 2 aliphatic carbocycles. The molecule has 1 atom stereocenters. The highest BCUT2D eigenvalue weighted by Crippen LogP contribution is 2.41. The molecule has 2 aliphatic rings. The zero-order valence-corrected chi connectivity index (χ0v) is 28.7. The minimum atomic E-state index is -0.268. The van der Waals surface area contributed by atoms with Crippen molar-refractivity contribution in [2.24, 2.45) is 5.92 Å². The lowest BCUT2D eigenvalue weighted by molar-refractivity contribution is -0.118. The van der Waals surface area contributed by atoms with Gasteiger partial charge in [0, 0.05) is 59.4 Å². The van der Waals surface area contributed by atoms with Crippen molar-refractivity contribution in [3.8, 4) is 0 Å². The van der Waals surface area contributed by atoms with Crippen LogP contribution in [0.3, 0.4) is 0 Å². The van der Waals surface area contributed by atoms with E-state index < -0.39 is 0 Å². The first-order chi connectivity index (χ1) is 22.8. The summed E-state index contributed by atoms with van der Waals surface area (Å²) >= 11 is 7.92. The first-order valence-electron chi connectivity index (χ1n) is 16.3. The van der Waals surface area contributed by atoms with Crippen LogP contribution in [0.2, 0.25) is 5.02 Å². The maximum atomic E-state index is 14.3. The van der Waals surface area contributed by atoms with Gasteiger partial charge in [0.05, 0.1) is 5.52 Å². The van der Waals surface area contributed by atoms with Crippen molar-refractivity contribution in [3.63, 3.8) is 0 Å². The summed E-state index contributed by atoms with van der Waals surface area (Å²) in [5, 5.41) is 8.41. The molecule has 2 N–H and O–H groups in total. The molecule has 0 radical (unpaired) electrons. The van der Waals surface area contributed by atoms with E-state index in [-0.39, 0.29) is 29.7 Å². The first kappa shape index (κ1) is 33.0. The number of nitrogens with one attached hydrogen (secondary N) is 2. The number of thioether (sulfide) groups is 1. The fraction of sp³-hybridized carbons (Fsp3) is 0.342. The average Bonchev–Trinajstić information content (AvgIpc) is 3.40. The number of hydrogen-bond acceptors (Lipinski definition) is 6. The fourth-order valence-corrected chi connectivity index (χ4v) is 8.01. The zero-order chi connectivity index (χ0) is 32.9. The molecule has 3 aromatic carbocycles. The van der Waals surface area contributed by atoms with Crippen molar-refractivity contribution in [2.75, 3.05) is 30.1 Å². The number of halogens is 2. The van der Waals surface area contributed by atoms with Crippen LogP contribution in [-0.4, -0.2) is 47.8 Å². The lowest BCUT2D eigenvalue weighted by Crippen LogP contribution is -2.40. The Morgan fingerprint density at radius 3 is 2.43 bits per heavy atom. The van der Waals surface area contributed by atoms with Crippen LogP contribution < -0.4 is 15.5 Å². The molecular formula is C38H41ClFN5OS. The van der Waals surface area contributed by atoms with Gasteiger partial charge in [-0.2, -0.15) is 16.7 Å². The number of allylic oxidation sites excluding steroid dienone is 2. The van der Waals surface area contributed by atoms with Crippen LogP contribution in [0.1, 0.15) is 50.2 Å². The highest BCUT2D eigenvalue weighted by Gasteiger charge is 2.31. The Balaban J connectivity index is 1.08. The third kappa shape index (κ3) is 7.65. The van der Waals surface area contributed by atoms with Gasteiger partial charge in [0.1, 0.15) is 11.6 Å². The molecule has 0 aliphatic heterocycles. The third-order valence-corrected chi connectivity index (χ3v) is 10.6. The Morgan fingerprint density at radius 2 is 1.68 bits per heavy atom. The monoisotopic (exact) mass is 669 g/mol. The molecule has 6 rings (SSSR count). The normalized spacial score (nSPS) is 19.5. The minimum absolute atomic E-state index is 0.00545. The molecule has 0 spiro atoms. The van der Waals surface area contributed by atoms with E-state index in [1.807, 2.05) is 61.5 Å². The van der Waals surface area contributed by atoms with Crippen molar-refractivity contribution < 1.29 is 9.18 Å². The van der Waals surface area contributed by atoms with Gasteiger partial charge in [-0.1, -0.05) is 65.7 Å². The molecule has 244 valence electrons. The second-order valence-corrected chi connectivity index (χ2v) is 14.1. The molecule has 0 bridgehead atoms. The van der Waals surface area contributed by atoms with Gasteiger partial charge >= 0.3 is 0 Å². The molecule has 1 heterocycles. The SMILES string of the molecule is CC1=C(C(=O)N[C@H]2CC[C@@H](Nc3nc(N(C)C)c4ccccc4n3)CC2)C=C(c2ccccc2)C1CCSCc1c(F)cccc1Cl. The van der Waals surface area contributed by atoms with Gasteiger partial charge in [0.15, 0.2) is 0 Å². The Labute approximate surface area is 285 Å². The van der Waals surface area contributed by atoms with Crippen LogP contribution in [0.25, 0.3) is 16.5 Å². The van der Waals surface area contributed by atoms with E-state index in [2.05, 4.69) is 35.8 Å². The Kier molecular flexibility index (Phi) is 10.5. The van der Waals surface area contributed by atoms with E-state index in [4.69, 9.17) is 21.6 Å². The van der Waals surface area contributed by atoms with E-state index in [0.29, 0.717) is 22.3 Å². The molecule has 1 saturated carbocycles.